The van der Waals surface area contributed by atoms with Crippen LogP contribution >= 0.6 is 0 Å². The number of carbonyl (C=O) groups is 1. The molecular formula is C22H19NO5S. The summed E-state index contributed by atoms with van der Waals surface area (Å²) in [5.41, 5.74) is 1.79. The van der Waals surface area contributed by atoms with Crippen LogP contribution in [0, 0.1) is 6.92 Å². The van der Waals surface area contributed by atoms with Crippen LogP contribution in [0.3, 0.4) is 0 Å². The van der Waals surface area contributed by atoms with Crippen LogP contribution < -0.4 is 4.72 Å². The fourth-order valence-corrected chi connectivity index (χ4v) is 3.69. The second-order valence-electron chi connectivity index (χ2n) is 6.41. The second-order valence-corrected chi connectivity index (χ2v) is 8.09. The third kappa shape index (κ3) is 4.83. The first-order valence-corrected chi connectivity index (χ1v) is 10.2. The number of hydrogen-bond donors (Lipinski definition) is 3. The second kappa shape index (κ2) is 8.20. The van der Waals surface area contributed by atoms with E-state index in [4.69, 9.17) is 0 Å². The molecule has 0 atom stereocenters. The Balaban J connectivity index is 1.86. The average molecular weight is 409 g/mol. The summed E-state index contributed by atoms with van der Waals surface area (Å²) in [7, 11) is -3.85. The quantitative estimate of drug-likeness (QED) is 0.323. The zero-order chi connectivity index (χ0) is 21.0. The molecule has 0 aliphatic carbocycles. The van der Waals surface area contributed by atoms with E-state index < -0.39 is 15.8 Å². The highest BCUT2D eigenvalue weighted by Crippen LogP contribution is 2.26. The van der Waals surface area contributed by atoms with Crippen molar-refractivity contribution in [3.63, 3.8) is 0 Å². The number of hydrogen-bond acceptors (Lipinski definition) is 5. The summed E-state index contributed by atoms with van der Waals surface area (Å²) in [4.78, 5) is 12.7. The Morgan fingerprint density at radius 1 is 0.931 bits per heavy atom. The molecule has 0 unspecified atom stereocenters. The zero-order valence-corrected chi connectivity index (χ0v) is 16.3. The van der Waals surface area contributed by atoms with Gasteiger partial charge in [-0.1, -0.05) is 42.0 Å². The van der Waals surface area contributed by atoms with E-state index in [1.807, 2.05) is 6.92 Å². The minimum atomic E-state index is -3.85. The van der Waals surface area contributed by atoms with E-state index >= 15 is 0 Å². The molecule has 0 spiro atoms. The fraction of sp³-hybridized carbons (Fsp3) is 0.0455. The van der Waals surface area contributed by atoms with Gasteiger partial charge in [-0.3, -0.25) is 9.52 Å². The van der Waals surface area contributed by atoms with Gasteiger partial charge in [-0.05, 0) is 55.0 Å². The smallest absolute Gasteiger partial charge is 0.261 e. The van der Waals surface area contributed by atoms with E-state index in [1.54, 1.807) is 24.3 Å². The van der Waals surface area contributed by atoms with E-state index in [2.05, 4.69) is 4.72 Å². The normalized spacial score (nSPS) is 11.5. The Kier molecular flexibility index (Phi) is 5.70. The van der Waals surface area contributed by atoms with Crippen molar-refractivity contribution in [1.82, 2.24) is 0 Å². The van der Waals surface area contributed by atoms with Gasteiger partial charge in [-0.15, -0.1) is 0 Å². The molecule has 0 aliphatic heterocycles. The van der Waals surface area contributed by atoms with Gasteiger partial charge >= 0.3 is 0 Å². The van der Waals surface area contributed by atoms with Crippen molar-refractivity contribution in [2.45, 2.75) is 11.8 Å². The van der Waals surface area contributed by atoms with Crippen LogP contribution in [0.4, 0.5) is 5.69 Å². The molecule has 0 radical (unpaired) electrons. The molecule has 0 heterocycles. The molecule has 0 saturated carbocycles. The lowest BCUT2D eigenvalue weighted by Crippen LogP contribution is -2.15. The lowest BCUT2D eigenvalue weighted by Gasteiger charge is -2.11. The van der Waals surface area contributed by atoms with Crippen LogP contribution in [0.5, 0.6) is 11.5 Å². The molecule has 0 aromatic heterocycles. The van der Waals surface area contributed by atoms with Crippen molar-refractivity contribution >= 4 is 27.6 Å². The molecule has 148 valence electrons. The number of allylic oxidation sites excluding steroid dienone is 1. The average Bonchev–Trinajstić information content (AvgIpc) is 2.69. The monoisotopic (exact) mass is 409 g/mol. The molecule has 3 N–H and O–H groups in total. The van der Waals surface area contributed by atoms with Crippen molar-refractivity contribution < 1.29 is 23.4 Å². The Morgan fingerprint density at radius 2 is 1.62 bits per heavy atom. The number of aromatic hydroxyl groups is 2. The number of phenolic OH excluding ortho intramolecular Hbond substituents is 2. The topological polar surface area (TPSA) is 104 Å². The van der Waals surface area contributed by atoms with E-state index in [0.717, 1.165) is 5.56 Å². The molecule has 0 fully saturated rings. The van der Waals surface area contributed by atoms with Gasteiger partial charge in [-0.25, -0.2) is 8.42 Å². The highest BCUT2D eigenvalue weighted by Gasteiger charge is 2.17. The molecule has 6 nitrogen and oxygen atoms in total. The van der Waals surface area contributed by atoms with E-state index in [9.17, 15) is 23.4 Å². The van der Waals surface area contributed by atoms with Crippen LogP contribution in [0.25, 0.3) is 6.08 Å². The predicted molar refractivity (Wildman–Crippen MR) is 112 cm³/mol. The molecule has 29 heavy (non-hydrogen) atoms. The predicted octanol–water partition coefficient (Wildman–Crippen LogP) is 4.10. The number of rotatable bonds is 6. The molecule has 3 aromatic carbocycles. The van der Waals surface area contributed by atoms with Crippen molar-refractivity contribution in [3.8, 4) is 11.5 Å². The number of aryl methyl sites for hydroxylation is 1. The number of phenols is 2. The van der Waals surface area contributed by atoms with Gasteiger partial charge in [0, 0.05) is 5.56 Å². The zero-order valence-electron chi connectivity index (χ0n) is 15.5. The molecular weight excluding hydrogens is 390 g/mol. The molecule has 0 saturated heterocycles. The summed E-state index contributed by atoms with van der Waals surface area (Å²) in [6.07, 6.45) is 2.73. The van der Waals surface area contributed by atoms with Crippen molar-refractivity contribution in [2.24, 2.45) is 0 Å². The van der Waals surface area contributed by atoms with Crippen LogP contribution in [-0.2, 0) is 10.0 Å². The summed E-state index contributed by atoms with van der Waals surface area (Å²) in [5, 5.41) is 18.9. The molecule has 0 aliphatic rings. The van der Waals surface area contributed by atoms with Crippen molar-refractivity contribution in [2.75, 3.05) is 4.72 Å². The third-order valence-electron chi connectivity index (χ3n) is 4.19. The Morgan fingerprint density at radius 3 is 2.31 bits per heavy atom. The van der Waals surface area contributed by atoms with Crippen LogP contribution in [0.1, 0.15) is 21.5 Å². The lowest BCUT2D eigenvalue weighted by molar-refractivity contribution is 0.104. The minimum absolute atomic E-state index is 0.0977. The van der Waals surface area contributed by atoms with Crippen molar-refractivity contribution in [1.29, 1.82) is 0 Å². The maximum Gasteiger partial charge on any atom is 0.261 e. The van der Waals surface area contributed by atoms with E-state index in [-0.39, 0.29) is 27.6 Å². The highest BCUT2D eigenvalue weighted by molar-refractivity contribution is 7.92. The highest BCUT2D eigenvalue weighted by atomic mass is 32.2. The van der Waals surface area contributed by atoms with Gasteiger partial charge in [0.1, 0.15) is 0 Å². The Labute approximate surface area is 168 Å². The van der Waals surface area contributed by atoms with Gasteiger partial charge in [0.15, 0.2) is 17.3 Å². The maximum absolute atomic E-state index is 12.6. The standard InChI is InChI=1S/C22H19NO5S/c1-15-6-10-17(11-7-15)29(27,28)23-19-5-3-2-4-18(19)20(24)12-8-16-9-13-21(25)22(26)14-16/h2-14,23,25-26H,1H3/b12-8+. The summed E-state index contributed by atoms with van der Waals surface area (Å²) < 4.78 is 27.8. The number of carbonyl (C=O) groups excluding carboxylic acids is 1. The lowest BCUT2D eigenvalue weighted by atomic mass is 10.1. The number of nitrogens with one attached hydrogen (secondary N) is 1. The first-order chi connectivity index (χ1) is 13.8. The number of sulfonamides is 1. The minimum Gasteiger partial charge on any atom is -0.504 e. The largest absolute Gasteiger partial charge is 0.504 e. The van der Waals surface area contributed by atoms with Crippen LogP contribution in [0.2, 0.25) is 0 Å². The first-order valence-electron chi connectivity index (χ1n) is 8.69. The SMILES string of the molecule is Cc1ccc(S(=O)(=O)Nc2ccccc2C(=O)/C=C/c2ccc(O)c(O)c2)cc1. The molecule has 7 heteroatoms. The summed E-state index contributed by atoms with van der Waals surface area (Å²) in [6, 6.07) is 16.8. The van der Waals surface area contributed by atoms with E-state index in [0.29, 0.717) is 5.56 Å². The molecule has 0 amide bonds. The number of para-hydroxylation sites is 1. The number of benzene rings is 3. The van der Waals surface area contributed by atoms with Crippen LogP contribution in [-0.4, -0.2) is 24.4 Å². The maximum atomic E-state index is 12.6. The molecule has 3 rings (SSSR count). The Bertz CT molecular complexity index is 1180. The Hall–Kier alpha value is -3.58. The van der Waals surface area contributed by atoms with Crippen molar-refractivity contribution in [3.05, 3.63) is 89.5 Å². The fourth-order valence-electron chi connectivity index (χ4n) is 2.61. The number of anilines is 1. The summed E-state index contributed by atoms with van der Waals surface area (Å²) in [6.45, 7) is 1.86. The van der Waals surface area contributed by atoms with Gasteiger partial charge < -0.3 is 10.2 Å². The van der Waals surface area contributed by atoms with Gasteiger partial charge in [-0.2, -0.15) is 0 Å². The van der Waals surface area contributed by atoms with Crippen LogP contribution in [0.15, 0.2) is 77.7 Å². The summed E-state index contributed by atoms with van der Waals surface area (Å²) >= 11 is 0. The third-order valence-corrected chi connectivity index (χ3v) is 5.58. The van der Waals surface area contributed by atoms with E-state index in [1.165, 1.54) is 54.6 Å². The summed E-state index contributed by atoms with van der Waals surface area (Å²) in [5.74, 6) is -0.977. The molecule has 0 bridgehead atoms. The van der Waals surface area contributed by atoms with Gasteiger partial charge in [0.2, 0.25) is 0 Å². The molecule has 3 aromatic rings. The first kappa shape index (κ1) is 20.2. The van der Waals surface area contributed by atoms with Gasteiger partial charge in [0.05, 0.1) is 10.6 Å². The number of ketones is 1. The van der Waals surface area contributed by atoms with Gasteiger partial charge in [0.25, 0.3) is 10.0 Å².